The van der Waals surface area contributed by atoms with Crippen molar-refractivity contribution in [3.8, 4) is 0 Å². The third kappa shape index (κ3) is 6.45. The largest absolute Gasteiger partial charge is 0.481 e. The number of aromatic nitrogens is 1. The van der Waals surface area contributed by atoms with Gasteiger partial charge in [-0.15, -0.1) is 0 Å². The molecule has 0 aromatic carbocycles. The minimum absolute atomic E-state index is 0.610. The number of ketones is 1. The fourth-order valence-corrected chi connectivity index (χ4v) is 2.30. The Morgan fingerprint density at radius 2 is 1.91 bits per heavy atom. The molecule has 2 rings (SSSR count). The molecule has 1 aliphatic rings. The van der Waals surface area contributed by atoms with Gasteiger partial charge in [-0.1, -0.05) is 6.07 Å². The second kappa shape index (κ2) is 8.89. The Balaban J connectivity index is 0.000000225. The van der Waals surface area contributed by atoms with Gasteiger partial charge < -0.3 is 10.2 Å². The number of hydrogen-bond donors (Lipinski definition) is 2. The van der Waals surface area contributed by atoms with Crippen LogP contribution < -0.4 is 0 Å². The molecule has 1 aromatic heterocycles. The van der Waals surface area contributed by atoms with Crippen LogP contribution in [0.1, 0.15) is 37.3 Å². The number of rotatable bonds is 5. The van der Waals surface area contributed by atoms with Gasteiger partial charge in [0.1, 0.15) is 12.8 Å². The van der Waals surface area contributed by atoms with Crippen molar-refractivity contribution in [3.05, 3.63) is 30.1 Å². The summed E-state index contributed by atoms with van der Waals surface area (Å²) in [6.07, 6.45) is 4.97. The zero-order chi connectivity index (χ0) is 16.5. The van der Waals surface area contributed by atoms with E-state index in [1.807, 2.05) is 18.5 Å². The third-order valence-electron chi connectivity index (χ3n) is 3.29. The normalized spacial score (nSPS) is 17.4. The molecule has 0 amide bonds. The molecule has 1 atom stereocenters. The van der Waals surface area contributed by atoms with E-state index >= 15 is 0 Å². The molecular weight excluding hydrogens is 288 g/mol. The zero-order valence-electron chi connectivity index (χ0n) is 12.4. The molecule has 0 bridgehead atoms. The van der Waals surface area contributed by atoms with Gasteiger partial charge in [-0.3, -0.25) is 24.3 Å². The van der Waals surface area contributed by atoms with Gasteiger partial charge in [0.15, 0.2) is 5.78 Å². The molecule has 2 heterocycles. The summed E-state index contributed by atoms with van der Waals surface area (Å²) in [5, 5.41) is 16.0. The fraction of sp³-hybridized carbons (Fsp3) is 0.467. The predicted octanol–water partition coefficient (Wildman–Crippen LogP) is 1.35. The van der Waals surface area contributed by atoms with E-state index in [1.54, 1.807) is 0 Å². The third-order valence-corrected chi connectivity index (χ3v) is 3.29. The number of Topliss-reactive ketones (excluding diaryl/α,β-unsaturated/α-hetero) is 1. The maximum atomic E-state index is 10.3. The Hall–Kier alpha value is -2.28. The minimum Gasteiger partial charge on any atom is -0.481 e. The topological polar surface area (TPSA) is 108 Å². The smallest absolute Gasteiger partial charge is 0.310 e. The highest BCUT2D eigenvalue weighted by molar-refractivity contribution is 6.02. The molecule has 22 heavy (non-hydrogen) atoms. The van der Waals surface area contributed by atoms with Gasteiger partial charge >= 0.3 is 11.9 Å². The summed E-state index contributed by atoms with van der Waals surface area (Å²) in [5.74, 6) is -3.39. The second-order valence-electron chi connectivity index (χ2n) is 5.10. The van der Waals surface area contributed by atoms with E-state index in [-0.39, 0.29) is 0 Å². The van der Waals surface area contributed by atoms with Gasteiger partial charge in [0.25, 0.3) is 0 Å². The summed E-state index contributed by atoms with van der Waals surface area (Å²) in [5.41, 5.74) is 1.36. The molecule has 1 aliphatic heterocycles. The first-order chi connectivity index (χ1) is 10.4. The summed E-state index contributed by atoms with van der Waals surface area (Å²) in [6, 6.07) is 4.79. The van der Waals surface area contributed by atoms with Gasteiger partial charge in [0.05, 0.1) is 0 Å². The Morgan fingerprint density at radius 1 is 1.27 bits per heavy atom. The van der Waals surface area contributed by atoms with Crippen LogP contribution >= 0.6 is 0 Å². The molecule has 7 nitrogen and oxygen atoms in total. The number of carbonyl (C=O) groups is 3. The van der Waals surface area contributed by atoms with E-state index in [1.165, 1.54) is 24.9 Å². The quantitative estimate of drug-likeness (QED) is 0.790. The summed E-state index contributed by atoms with van der Waals surface area (Å²) in [7, 11) is 2.19. The highest BCUT2D eigenvalue weighted by Crippen LogP contribution is 2.29. The van der Waals surface area contributed by atoms with E-state index in [0.29, 0.717) is 6.04 Å². The lowest BCUT2D eigenvalue weighted by atomic mass is 10.1. The number of nitrogens with zero attached hydrogens (tertiary/aromatic N) is 2. The Labute approximate surface area is 128 Å². The highest BCUT2D eigenvalue weighted by atomic mass is 16.4. The average molecular weight is 308 g/mol. The molecule has 120 valence electrons. The lowest BCUT2D eigenvalue weighted by Gasteiger charge is -2.18. The van der Waals surface area contributed by atoms with Crippen molar-refractivity contribution in [1.29, 1.82) is 0 Å². The number of hydrogen-bond acceptors (Lipinski definition) is 5. The number of pyridine rings is 1. The Morgan fingerprint density at radius 3 is 2.32 bits per heavy atom. The van der Waals surface area contributed by atoms with Crippen LogP contribution in [-0.4, -0.2) is 51.4 Å². The number of carbonyl (C=O) groups excluding carboxylic acids is 1. The maximum Gasteiger partial charge on any atom is 0.310 e. The number of likely N-dealkylation sites (tertiary alicyclic amines) is 1. The minimum atomic E-state index is -1.30. The van der Waals surface area contributed by atoms with Gasteiger partial charge in [0.2, 0.25) is 0 Å². The summed E-state index contributed by atoms with van der Waals surface area (Å²) in [6.45, 7) is 1.22. The van der Waals surface area contributed by atoms with Crippen LogP contribution in [0.25, 0.3) is 0 Å². The van der Waals surface area contributed by atoms with Crippen molar-refractivity contribution < 1.29 is 24.6 Å². The Bertz CT molecular complexity index is 500. The number of carboxylic acid groups (broad SMARTS) is 2. The van der Waals surface area contributed by atoms with Crippen molar-refractivity contribution >= 4 is 17.7 Å². The lowest BCUT2D eigenvalue weighted by molar-refractivity contribution is -0.143. The van der Waals surface area contributed by atoms with Gasteiger partial charge in [-0.2, -0.15) is 0 Å². The summed E-state index contributed by atoms with van der Waals surface area (Å²) in [4.78, 5) is 36.4. The van der Waals surface area contributed by atoms with Gasteiger partial charge in [-0.25, -0.2) is 0 Å². The molecule has 0 spiro atoms. The molecule has 0 unspecified atom stereocenters. The van der Waals surface area contributed by atoms with E-state index in [0.717, 1.165) is 0 Å². The molecule has 0 saturated carbocycles. The number of aliphatic carboxylic acids is 2. The molecular formula is C15H20N2O5. The van der Waals surface area contributed by atoms with Crippen LogP contribution in [0.3, 0.4) is 0 Å². The molecule has 1 fully saturated rings. The van der Waals surface area contributed by atoms with Crippen LogP contribution in [0.4, 0.5) is 0 Å². The molecule has 0 radical (unpaired) electrons. The van der Waals surface area contributed by atoms with Crippen molar-refractivity contribution in [2.45, 2.75) is 31.7 Å². The first-order valence-electron chi connectivity index (χ1n) is 6.95. The predicted molar refractivity (Wildman–Crippen MR) is 78.4 cm³/mol. The van der Waals surface area contributed by atoms with Crippen LogP contribution in [0.5, 0.6) is 0 Å². The number of carboxylic acids is 2. The summed E-state index contributed by atoms with van der Waals surface area (Å²) >= 11 is 0. The Kier molecular flexibility index (Phi) is 7.18. The van der Waals surface area contributed by atoms with Crippen molar-refractivity contribution in [2.24, 2.45) is 0 Å². The van der Waals surface area contributed by atoms with Crippen molar-refractivity contribution in [2.75, 3.05) is 13.6 Å². The van der Waals surface area contributed by atoms with Crippen molar-refractivity contribution in [3.63, 3.8) is 0 Å². The molecule has 1 aromatic rings. The first kappa shape index (κ1) is 17.8. The lowest BCUT2D eigenvalue weighted by Crippen LogP contribution is -2.17. The molecule has 7 heteroatoms. The maximum absolute atomic E-state index is 10.3. The van der Waals surface area contributed by atoms with E-state index in [2.05, 4.69) is 23.0 Å². The van der Waals surface area contributed by atoms with E-state index < -0.39 is 30.6 Å². The summed E-state index contributed by atoms with van der Waals surface area (Å²) < 4.78 is 0. The monoisotopic (exact) mass is 308 g/mol. The second-order valence-corrected chi connectivity index (χ2v) is 5.10. The van der Waals surface area contributed by atoms with Gasteiger partial charge in [0, 0.05) is 18.4 Å². The van der Waals surface area contributed by atoms with E-state index in [4.69, 9.17) is 10.2 Å². The molecule has 2 N–H and O–H groups in total. The zero-order valence-corrected chi connectivity index (χ0v) is 12.4. The van der Waals surface area contributed by atoms with Crippen molar-refractivity contribution in [1.82, 2.24) is 9.88 Å². The van der Waals surface area contributed by atoms with Gasteiger partial charge in [-0.05, 0) is 38.1 Å². The SMILES string of the molecule is CN1CCC[C@H]1c1cccnc1.O=C(O)CC(=O)CC(=O)O. The standard InChI is InChI=1S/C10H14N2.C5H6O5/c1-12-7-3-5-10(12)9-4-2-6-11-8-9;6-3(1-4(7)8)2-5(9)10/h2,4,6,8,10H,3,5,7H2,1H3;1-2H2,(H,7,8)(H,9,10)/t10-;/m0./s1. The first-order valence-corrected chi connectivity index (χ1v) is 6.95. The van der Waals surface area contributed by atoms with E-state index in [9.17, 15) is 14.4 Å². The van der Waals surface area contributed by atoms with Crippen LogP contribution in [0.15, 0.2) is 24.5 Å². The highest BCUT2D eigenvalue weighted by Gasteiger charge is 2.21. The van der Waals surface area contributed by atoms with Crippen LogP contribution in [0, 0.1) is 0 Å². The molecule has 1 saturated heterocycles. The van der Waals surface area contributed by atoms with Crippen LogP contribution in [-0.2, 0) is 14.4 Å². The fourth-order valence-electron chi connectivity index (χ4n) is 2.30. The average Bonchev–Trinajstić information content (AvgIpc) is 2.85. The molecule has 0 aliphatic carbocycles. The van der Waals surface area contributed by atoms with Crippen LogP contribution in [0.2, 0.25) is 0 Å².